The largest absolute Gasteiger partial charge is 0.398 e. The second-order valence-corrected chi connectivity index (χ2v) is 7.42. The SMILES string of the molecule is Nc1cc(Br)ccc1S(=O)(=O)Nc1cc(Cl)c(F)c(Cl)c1. The van der Waals surface area contributed by atoms with Gasteiger partial charge in [0.05, 0.1) is 21.4 Å². The van der Waals surface area contributed by atoms with Crippen LogP contribution < -0.4 is 10.5 Å². The molecule has 0 heterocycles. The summed E-state index contributed by atoms with van der Waals surface area (Å²) < 4.78 is 40.7. The van der Waals surface area contributed by atoms with Crippen LogP contribution in [0.1, 0.15) is 0 Å². The molecular formula is C12H8BrCl2FN2O2S. The highest BCUT2D eigenvalue weighted by Gasteiger charge is 2.19. The van der Waals surface area contributed by atoms with Crippen LogP contribution in [-0.4, -0.2) is 8.42 Å². The molecule has 0 saturated heterocycles. The molecule has 0 unspecified atom stereocenters. The Kier molecular flexibility index (Phi) is 4.67. The molecule has 9 heteroatoms. The Balaban J connectivity index is 2.42. The minimum absolute atomic E-state index is 0.0359. The highest BCUT2D eigenvalue weighted by Crippen LogP contribution is 2.30. The van der Waals surface area contributed by atoms with E-state index in [1.54, 1.807) is 0 Å². The van der Waals surface area contributed by atoms with Gasteiger partial charge in [-0.3, -0.25) is 4.72 Å². The lowest BCUT2D eigenvalue weighted by atomic mass is 10.3. The maximum Gasteiger partial charge on any atom is 0.263 e. The molecule has 0 fully saturated rings. The summed E-state index contributed by atoms with van der Waals surface area (Å²) in [6.07, 6.45) is 0. The van der Waals surface area contributed by atoms with Crippen LogP contribution in [0.15, 0.2) is 39.7 Å². The first kappa shape index (κ1) is 16.4. The van der Waals surface area contributed by atoms with Crippen molar-refractivity contribution in [2.45, 2.75) is 4.90 Å². The average molecular weight is 414 g/mol. The summed E-state index contributed by atoms with van der Waals surface area (Å²) in [6.45, 7) is 0. The van der Waals surface area contributed by atoms with Crippen LogP contribution in [0.3, 0.4) is 0 Å². The predicted molar refractivity (Wildman–Crippen MR) is 85.8 cm³/mol. The van der Waals surface area contributed by atoms with Gasteiger partial charge in [-0.15, -0.1) is 0 Å². The van der Waals surface area contributed by atoms with Gasteiger partial charge < -0.3 is 5.73 Å². The Labute approximate surface area is 139 Å². The summed E-state index contributed by atoms with van der Waals surface area (Å²) in [5.74, 6) is -0.815. The molecule has 0 aliphatic rings. The highest BCUT2D eigenvalue weighted by atomic mass is 79.9. The van der Waals surface area contributed by atoms with Gasteiger partial charge in [0.1, 0.15) is 4.90 Å². The Hall–Kier alpha value is -1.02. The molecule has 0 aliphatic heterocycles. The van der Waals surface area contributed by atoms with Crippen LogP contribution in [-0.2, 0) is 10.0 Å². The Morgan fingerprint density at radius 2 is 1.71 bits per heavy atom. The molecule has 0 saturated carbocycles. The number of nitrogens with one attached hydrogen (secondary N) is 1. The van der Waals surface area contributed by atoms with Crippen molar-refractivity contribution in [2.75, 3.05) is 10.5 Å². The fraction of sp³-hybridized carbons (Fsp3) is 0. The van der Waals surface area contributed by atoms with Crippen molar-refractivity contribution in [3.63, 3.8) is 0 Å². The number of hydrogen-bond acceptors (Lipinski definition) is 3. The van der Waals surface area contributed by atoms with Crippen LogP contribution >= 0.6 is 39.1 Å². The maximum atomic E-state index is 13.3. The maximum absolute atomic E-state index is 13.3. The van der Waals surface area contributed by atoms with E-state index in [2.05, 4.69) is 20.7 Å². The summed E-state index contributed by atoms with van der Waals surface area (Å²) in [5.41, 5.74) is 5.79. The van der Waals surface area contributed by atoms with Gasteiger partial charge in [-0.1, -0.05) is 39.1 Å². The molecule has 4 nitrogen and oxygen atoms in total. The molecule has 21 heavy (non-hydrogen) atoms. The Morgan fingerprint density at radius 3 is 2.24 bits per heavy atom. The molecule has 2 aromatic rings. The predicted octanol–water partition coefficient (Wildman–Crippen LogP) is 4.28. The van der Waals surface area contributed by atoms with E-state index in [0.29, 0.717) is 4.47 Å². The van der Waals surface area contributed by atoms with Crippen LogP contribution in [0, 0.1) is 5.82 Å². The number of benzene rings is 2. The summed E-state index contributed by atoms with van der Waals surface area (Å²) in [7, 11) is -3.94. The lowest BCUT2D eigenvalue weighted by molar-refractivity contribution is 0.601. The van der Waals surface area contributed by atoms with Gasteiger partial charge in [-0.05, 0) is 30.3 Å². The minimum Gasteiger partial charge on any atom is -0.398 e. The third kappa shape index (κ3) is 3.60. The van der Waals surface area contributed by atoms with E-state index in [1.807, 2.05) is 0 Å². The summed E-state index contributed by atoms with van der Waals surface area (Å²) >= 11 is 14.4. The van der Waals surface area contributed by atoms with Gasteiger partial charge in [0.2, 0.25) is 0 Å². The van der Waals surface area contributed by atoms with Crippen molar-refractivity contribution in [3.05, 3.63) is 50.7 Å². The number of rotatable bonds is 3. The number of sulfonamides is 1. The van der Waals surface area contributed by atoms with E-state index in [-0.39, 0.29) is 26.3 Å². The summed E-state index contributed by atoms with van der Waals surface area (Å²) in [4.78, 5) is -0.109. The van der Waals surface area contributed by atoms with Crippen molar-refractivity contribution >= 4 is 60.5 Å². The van der Waals surface area contributed by atoms with Crippen LogP contribution in [0.2, 0.25) is 10.0 Å². The Morgan fingerprint density at radius 1 is 1.14 bits per heavy atom. The first-order chi connectivity index (χ1) is 9.70. The average Bonchev–Trinajstić information content (AvgIpc) is 2.34. The zero-order valence-corrected chi connectivity index (χ0v) is 14.1. The molecule has 0 aromatic heterocycles. The lowest BCUT2D eigenvalue weighted by Gasteiger charge is -2.11. The first-order valence-corrected chi connectivity index (χ1v) is 8.46. The van der Waals surface area contributed by atoms with E-state index in [1.165, 1.54) is 18.2 Å². The van der Waals surface area contributed by atoms with Crippen LogP contribution in [0.25, 0.3) is 0 Å². The van der Waals surface area contributed by atoms with Gasteiger partial charge in [0.25, 0.3) is 10.0 Å². The number of anilines is 2. The fourth-order valence-corrected chi connectivity index (χ4v) is 3.61. The monoisotopic (exact) mass is 412 g/mol. The first-order valence-electron chi connectivity index (χ1n) is 5.43. The molecule has 0 spiro atoms. The zero-order valence-electron chi connectivity index (χ0n) is 10.2. The molecule has 112 valence electrons. The van der Waals surface area contributed by atoms with Crippen LogP contribution in [0.4, 0.5) is 15.8 Å². The van der Waals surface area contributed by atoms with Crippen molar-refractivity contribution in [1.82, 2.24) is 0 Å². The molecule has 0 atom stereocenters. The van der Waals surface area contributed by atoms with E-state index >= 15 is 0 Å². The smallest absolute Gasteiger partial charge is 0.263 e. The Bertz CT molecular complexity index is 792. The molecule has 0 radical (unpaired) electrons. The molecule has 3 N–H and O–H groups in total. The van der Waals surface area contributed by atoms with Gasteiger partial charge in [0.15, 0.2) is 5.82 Å². The summed E-state index contributed by atoms with van der Waals surface area (Å²) in [5, 5.41) is -0.576. The second-order valence-electron chi connectivity index (χ2n) is 4.04. The molecule has 2 rings (SSSR count). The van der Waals surface area contributed by atoms with Crippen molar-refractivity contribution in [1.29, 1.82) is 0 Å². The number of halogens is 4. The fourth-order valence-electron chi connectivity index (χ4n) is 1.59. The van der Waals surface area contributed by atoms with E-state index in [9.17, 15) is 12.8 Å². The highest BCUT2D eigenvalue weighted by molar-refractivity contribution is 9.10. The molecule has 0 aliphatic carbocycles. The zero-order chi connectivity index (χ0) is 15.8. The second kappa shape index (κ2) is 6.00. The van der Waals surface area contributed by atoms with Gasteiger partial charge in [0, 0.05) is 4.47 Å². The van der Waals surface area contributed by atoms with E-state index in [0.717, 1.165) is 12.1 Å². The van der Waals surface area contributed by atoms with Gasteiger partial charge in [-0.2, -0.15) is 0 Å². The van der Waals surface area contributed by atoms with Crippen molar-refractivity contribution in [3.8, 4) is 0 Å². The van der Waals surface area contributed by atoms with Crippen LogP contribution in [0.5, 0.6) is 0 Å². The third-order valence-corrected chi connectivity index (χ3v) is 5.00. The van der Waals surface area contributed by atoms with Gasteiger partial charge >= 0.3 is 0 Å². The minimum atomic E-state index is -3.94. The number of nitrogens with two attached hydrogens (primary N) is 1. The van der Waals surface area contributed by atoms with E-state index in [4.69, 9.17) is 28.9 Å². The normalized spacial score (nSPS) is 11.4. The summed E-state index contributed by atoms with van der Waals surface area (Å²) in [6, 6.07) is 6.58. The number of nitrogen functional groups attached to an aromatic ring is 1. The molecule has 0 bridgehead atoms. The third-order valence-electron chi connectivity index (χ3n) is 2.50. The van der Waals surface area contributed by atoms with E-state index < -0.39 is 15.8 Å². The number of hydrogen-bond donors (Lipinski definition) is 2. The van der Waals surface area contributed by atoms with Crippen molar-refractivity contribution in [2.24, 2.45) is 0 Å². The van der Waals surface area contributed by atoms with Crippen molar-refractivity contribution < 1.29 is 12.8 Å². The standard InChI is InChI=1S/C12H8BrCl2FN2O2S/c13-6-1-2-11(10(17)3-6)21(19,20)18-7-4-8(14)12(16)9(15)5-7/h1-5,18H,17H2. The van der Waals surface area contributed by atoms with Gasteiger partial charge in [-0.25, -0.2) is 12.8 Å². The lowest BCUT2D eigenvalue weighted by Crippen LogP contribution is -2.15. The molecule has 0 amide bonds. The topological polar surface area (TPSA) is 72.2 Å². The molecular weight excluding hydrogens is 406 g/mol. The quantitative estimate of drug-likeness (QED) is 0.582. The molecule has 2 aromatic carbocycles.